The normalized spacial score (nSPS) is 11.4. The first-order chi connectivity index (χ1) is 12.8. The lowest BCUT2D eigenvalue weighted by Gasteiger charge is -2.18. The monoisotopic (exact) mass is 361 g/mol. The number of hydrogen-bond donors (Lipinski definition) is 1. The van der Waals surface area contributed by atoms with Crippen LogP contribution in [0.15, 0.2) is 54.6 Å². The Hall–Kier alpha value is -2.88. The number of nitrogens with zero attached hydrogens (tertiary/aromatic N) is 2. The van der Waals surface area contributed by atoms with Crippen LogP contribution in [0.4, 0.5) is 5.82 Å². The average molecular weight is 361 g/mol. The molecule has 0 atom stereocenters. The molecule has 0 saturated carbocycles. The van der Waals surface area contributed by atoms with Crippen molar-refractivity contribution in [3.8, 4) is 5.69 Å². The van der Waals surface area contributed by atoms with E-state index in [0.717, 1.165) is 17.8 Å². The molecule has 1 amide bonds. The van der Waals surface area contributed by atoms with Gasteiger partial charge >= 0.3 is 0 Å². The maximum absolute atomic E-state index is 12.6. The maximum Gasteiger partial charge on any atom is 0.256 e. The van der Waals surface area contributed by atoms with Crippen LogP contribution in [0.3, 0.4) is 0 Å². The number of aromatic nitrogens is 2. The molecule has 0 radical (unpaired) electrons. The predicted octanol–water partition coefficient (Wildman–Crippen LogP) is 5.29. The van der Waals surface area contributed by atoms with Crippen molar-refractivity contribution < 1.29 is 4.79 Å². The Kier molecular flexibility index (Phi) is 5.17. The Balaban J connectivity index is 1.82. The third-order valence-corrected chi connectivity index (χ3v) is 4.65. The molecule has 3 aromatic rings. The minimum atomic E-state index is -0.146. The number of carbonyl (C=O) groups excluding carboxylic acids is 1. The minimum Gasteiger partial charge on any atom is -0.305 e. The van der Waals surface area contributed by atoms with Gasteiger partial charge in [0.2, 0.25) is 0 Å². The second kappa shape index (κ2) is 7.39. The van der Waals surface area contributed by atoms with E-state index >= 15 is 0 Å². The highest BCUT2D eigenvalue weighted by atomic mass is 16.1. The zero-order valence-corrected chi connectivity index (χ0v) is 16.7. The second-order valence-electron chi connectivity index (χ2n) is 7.91. The van der Waals surface area contributed by atoms with Crippen molar-refractivity contribution in [2.24, 2.45) is 0 Å². The van der Waals surface area contributed by atoms with Crippen LogP contribution in [0.1, 0.15) is 54.9 Å². The van der Waals surface area contributed by atoms with Gasteiger partial charge in [0, 0.05) is 17.3 Å². The summed E-state index contributed by atoms with van der Waals surface area (Å²) in [5.74, 6) is 0.422. The van der Waals surface area contributed by atoms with Gasteiger partial charge in [0.25, 0.3) is 5.91 Å². The number of rotatable bonds is 4. The number of aryl methyl sites for hydroxylation is 2. The van der Waals surface area contributed by atoms with E-state index in [1.54, 1.807) is 0 Å². The number of amides is 1. The number of anilines is 1. The summed E-state index contributed by atoms with van der Waals surface area (Å²) in [6.07, 6.45) is 0.830. The summed E-state index contributed by atoms with van der Waals surface area (Å²) in [5.41, 5.74) is 5.13. The summed E-state index contributed by atoms with van der Waals surface area (Å²) in [6, 6.07) is 17.9. The molecule has 27 heavy (non-hydrogen) atoms. The molecule has 0 bridgehead atoms. The summed E-state index contributed by atoms with van der Waals surface area (Å²) < 4.78 is 1.89. The van der Waals surface area contributed by atoms with Crippen molar-refractivity contribution in [2.75, 3.05) is 5.32 Å². The quantitative estimate of drug-likeness (QED) is 0.686. The van der Waals surface area contributed by atoms with E-state index < -0.39 is 0 Å². The van der Waals surface area contributed by atoms with Gasteiger partial charge in [0.15, 0.2) is 5.82 Å². The second-order valence-corrected chi connectivity index (χ2v) is 7.91. The Morgan fingerprint density at radius 3 is 2.37 bits per heavy atom. The lowest BCUT2D eigenvalue weighted by atomic mass is 9.87. The smallest absolute Gasteiger partial charge is 0.256 e. The van der Waals surface area contributed by atoms with Crippen molar-refractivity contribution in [1.82, 2.24) is 9.78 Å². The van der Waals surface area contributed by atoms with Gasteiger partial charge in [0.05, 0.1) is 5.69 Å². The Bertz CT molecular complexity index is 946. The van der Waals surface area contributed by atoms with Crippen LogP contribution in [-0.4, -0.2) is 15.7 Å². The summed E-state index contributed by atoms with van der Waals surface area (Å²) in [7, 11) is 0. The Labute approximate surface area is 161 Å². The van der Waals surface area contributed by atoms with Crippen molar-refractivity contribution >= 4 is 11.7 Å². The lowest BCUT2D eigenvalue weighted by molar-refractivity contribution is 0.102. The summed E-state index contributed by atoms with van der Waals surface area (Å²) in [6.45, 7) is 10.6. The van der Waals surface area contributed by atoms with Gasteiger partial charge in [-0.05, 0) is 54.2 Å². The summed E-state index contributed by atoms with van der Waals surface area (Å²) >= 11 is 0. The highest BCUT2D eigenvalue weighted by Crippen LogP contribution is 2.23. The molecule has 4 heteroatoms. The molecule has 0 fully saturated rings. The lowest BCUT2D eigenvalue weighted by Crippen LogP contribution is -2.14. The molecule has 0 aliphatic rings. The third kappa shape index (κ3) is 4.27. The van der Waals surface area contributed by atoms with E-state index in [2.05, 4.69) is 57.2 Å². The van der Waals surface area contributed by atoms with E-state index in [0.29, 0.717) is 11.4 Å². The van der Waals surface area contributed by atoms with Crippen LogP contribution < -0.4 is 5.32 Å². The third-order valence-electron chi connectivity index (χ3n) is 4.65. The Morgan fingerprint density at radius 1 is 1.07 bits per heavy atom. The zero-order chi connectivity index (χ0) is 19.6. The largest absolute Gasteiger partial charge is 0.305 e. The molecule has 1 N–H and O–H groups in total. The predicted molar refractivity (Wildman–Crippen MR) is 111 cm³/mol. The van der Waals surface area contributed by atoms with Gasteiger partial charge in [-0.3, -0.25) is 4.79 Å². The van der Waals surface area contributed by atoms with E-state index in [-0.39, 0.29) is 11.3 Å². The van der Waals surface area contributed by atoms with E-state index in [9.17, 15) is 4.79 Å². The number of carbonyl (C=O) groups is 1. The van der Waals surface area contributed by atoms with Crippen LogP contribution in [0.2, 0.25) is 0 Å². The topological polar surface area (TPSA) is 46.9 Å². The molecular weight excluding hydrogens is 334 g/mol. The van der Waals surface area contributed by atoms with Gasteiger partial charge in [-0.2, -0.15) is 0 Å². The van der Waals surface area contributed by atoms with Gasteiger partial charge in [0.1, 0.15) is 0 Å². The van der Waals surface area contributed by atoms with Crippen LogP contribution in [0.5, 0.6) is 0 Å². The molecule has 1 aromatic heterocycles. The fourth-order valence-electron chi connectivity index (χ4n) is 3.03. The molecule has 0 spiro atoms. The first-order valence-electron chi connectivity index (χ1n) is 9.36. The first-order valence-corrected chi connectivity index (χ1v) is 9.36. The standard InChI is InChI=1S/C23H27N3O/c1-6-19-15-21(25-26(19)20-9-7-8-16(2)14-20)24-22(27)17-10-12-18(13-11-17)23(3,4)5/h7-15H,6H2,1-5H3,(H,24,25,27). The van der Waals surface area contributed by atoms with E-state index in [1.165, 1.54) is 11.1 Å². The summed E-state index contributed by atoms with van der Waals surface area (Å²) in [4.78, 5) is 12.6. The fourth-order valence-corrected chi connectivity index (χ4v) is 3.03. The highest BCUT2D eigenvalue weighted by Gasteiger charge is 2.15. The SMILES string of the molecule is CCc1cc(NC(=O)c2ccc(C(C)(C)C)cc2)nn1-c1cccc(C)c1. The van der Waals surface area contributed by atoms with E-state index in [1.807, 2.05) is 47.1 Å². The molecule has 4 nitrogen and oxygen atoms in total. The maximum atomic E-state index is 12.6. The molecular formula is C23H27N3O. The van der Waals surface area contributed by atoms with Crippen molar-refractivity contribution in [1.29, 1.82) is 0 Å². The van der Waals surface area contributed by atoms with Gasteiger partial charge in [-0.1, -0.05) is 52.0 Å². The fraction of sp³-hybridized carbons (Fsp3) is 0.304. The van der Waals surface area contributed by atoms with Crippen molar-refractivity contribution in [2.45, 2.75) is 46.5 Å². The summed E-state index contributed by atoms with van der Waals surface area (Å²) in [5, 5.41) is 7.52. The minimum absolute atomic E-state index is 0.0671. The molecule has 0 aliphatic heterocycles. The van der Waals surface area contributed by atoms with Gasteiger partial charge in [-0.15, -0.1) is 5.10 Å². The van der Waals surface area contributed by atoms with Crippen molar-refractivity contribution in [3.05, 3.63) is 77.0 Å². The van der Waals surface area contributed by atoms with Crippen LogP contribution in [0.25, 0.3) is 5.69 Å². The molecule has 140 valence electrons. The number of benzene rings is 2. The zero-order valence-electron chi connectivity index (χ0n) is 16.7. The van der Waals surface area contributed by atoms with Crippen molar-refractivity contribution in [3.63, 3.8) is 0 Å². The van der Waals surface area contributed by atoms with Gasteiger partial charge in [-0.25, -0.2) is 4.68 Å². The molecule has 2 aromatic carbocycles. The Morgan fingerprint density at radius 2 is 1.78 bits per heavy atom. The van der Waals surface area contributed by atoms with Crippen LogP contribution >= 0.6 is 0 Å². The van der Waals surface area contributed by atoms with Crippen LogP contribution in [0, 0.1) is 6.92 Å². The molecule has 0 saturated heterocycles. The molecule has 0 unspecified atom stereocenters. The highest BCUT2D eigenvalue weighted by molar-refractivity contribution is 6.03. The molecule has 0 aliphatic carbocycles. The number of nitrogens with one attached hydrogen (secondary N) is 1. The number of hydrogen-bond acceptors (Lipinski definition) is 2. The molecule has 3 rings (SSSR count). The van der Waals surface area contributed by atoms with Gasteiger partial charge < -0.3 is 5.32 Å². The van der Waals surface area contributed by atoms with Crippen LogP contribution in [-0.2, 0) is 11.8 Å². The average Bonchev–Trinajstić information content (AvgIpc) is 3.04. The molecule has 1 heterocycles. The first kappa shape index (κ1) is 18.9. The van der Waals surface area contributed by atoms with E-state index in [4.69, 9.17) is 0 Å².